The van der Waals surface area contributed by atoms with Crippen LogP contribution in [0.2, 0.25) is 5.02 Å². The summed E-state index contributed by atoms with van der Waals surface area (Å²) < 4.78 is 1.95. The summed E-state index contributed by atoms with van der Waals surface area (Å²) in [6.07, 6.45) is 0. The molecule has 0 amide bonds. The molecule has 4 nitrogen and oxygen atoms in total. The zero-order valence-electron chi connectivity index (χ0n) is 14.1. The molecular weight excluding hydrogens is 346 g/mol. The van der Waals surface area contributed by atoms with E-state index in [4.69, 9.17) is 11.6 Å². The molecule has 0 radical (unpaired) electrons. The number of hydrogen-bond donors (Lipinski definition) is 1. The SMILES string of the molecule is Cc1ccc2c(=O)cc(Nc3cccc(Cl)c3)n(-c3ccccc3)c2n1. The fourth-order valence-corrected chi connectivity index (χ4v) is 3.12. The Balaban J connectivity index is 2.01. The summed E-state index contributed by atoms with van der Waals surface area (Å²) in [5, 5.41) is 4.51. The molecule has 0 bridgehead atoms. The van der Waals surface area contributed by atoms with Gasteiger partial charge in [-0.15, -0.1) is 0 Å². The number of benzene rings is 2. The van der Waals surface area contributed by atoms with Crippen LogP contribution in [0.5, 0.6) is 0 Å². The van der Waals surface area contributed by atoms with Gasteiger partial charge in [-0.2, -0.15) is 0 Å². The zero-order valence-corrected chi connectivity index (χ0v) is 14.9. The van der Waals surface area contributed by atoms with E-state index < -0.39 is 0 Å². The average molecular weight is 362 g/mol. The molecule has 0 spiro atoms. The third kappa shape index (κ3) is 3.07. The Kier molecular flexibility index (Phi) is 4.19. The van der Waals surface area contributed by atoms with Crippen molar-refractivity contribution in [2.45, 2.75) is 6.92 Å². The topological polar surface area (TPSA) is 46.9 Å². The molecule has 5 heteroatoms. The van der Waals surface area contributed by atoms with Crippen molar-refractivity contribution in [3.63, 3.8) is 0 Å². The minimum Gasteiger partial charge on any atom is -0.341 e. The van der Waals surface area contributed by atoms with E-state index >= 15 is 0 Å². The van der Waals surface area contributed by atoms with Crippen LogP contribution in [0.25, 0.3) is 16.7 Å². The van der Waals surface area contributed by atoms with Gasteiger partial charge in [-0.1, -0.05) is 35.9 Å². The summed E-state index contributed by atoms with van der Waals surface area (Å²) in [4.78, 5) is 17.3. The van der Waals surface area contributed by atoms with E-state index in [9.17, 15) is 4.79 Å². The van der Waals surface area contributed by atoms with Gasteiger partial charge in [0.05, 0.1) is 5.39 Å². The number of pyridine rings is 2. The Morgan fingerprint density at radius 2 is 1.77 bits per heavy atom. The zero-order chi connectivity index (χ0) is 18.1. The predicted octanol–water partition coefficient (Wildman–Crippen LogP) is 5.09. The fraction of sp³-hybridized carbons (Fsp3) is 0.0476. The molecule has 0 aliphatic heterocycles. The van der Waals surface area contributed by atoms with Gasteiger partial charge in [-0.3, -0.25) is 9.36 Å². The number of aryl methyl sites for hydroxylation is 1. The maximum atomic E-state index is 12.6. The lowest BCUT2D eigenvalue weighted by atomic mass is 10.2. The average Bonchev–Trinajstić information content (AvgIpc) is 2.62. The van der Waals surface area contributed by atoms with Crippen LogP contribution in [-0.2, 0) is 0 Å². The summed E-state index contributed by atoms with van der Waals surface area (Å²) in [5.74, 6) is 0.633. The number of fused-ring (bicyclic) bond motifs is 1. The molecule has 4 aromatic rings. The quantitative estimate of drug-likeness (QED) is 0.552. The van der Waals surface area contributed by atoms with Crippen LogP contribution in [-0.4, -0.2) is 9.55 Å². The number of rotatable bonds is 3. The number of nitrogens with zero attached hydrogens (tertiary/aromatic N) is 2. The molecule has 4 rings (SSSR count). The Morgan fingerprint density at radius 1 is 0.962 bits per heavy atom. The predicted molar refractivity (Wildman–Crippen MR) is 107 cm³/mol. The molecule has 0 aliphatic rings. The van der Waals surface area contributed by atoms with Crippen molar-refractivity contribution in [3.05, 3.63) is 93.7 Å². The van der Waals surface area contributed by atoms with Gasteiger partial charge < -0.3 is 5.32 Å². The lowest BCUT2D eigenvalue weighted by Gasteiger charge is -2.18. The van der Waals surface area contributed by atoms with Gasteiger partial charge in [-0.05, 0) is 49.4 Å². The number of nitrogens with one attached hydrogen (secondary N) is 1. The van der Waals surface area contributed by atoms with Crippen LogP contribution < -0.4 is 10.7 Å². The van der Waals surface area contributed by atoms with Crippen molar-refractivity contribution in [3.8, 4) is 5.69 Å². The summed E-state index contributed by atoms with van der Waals surface area (Å²) >= 11 is 6.09. The standard InChI is InChI=1S/C21H16ClN3O/c1-14-10-11-18-19(26)13-20(24-16-7-5-6-15(22)12-16)25(21(18)23-14)17-8-3-2-4-9-17/h2-13,24H,1H3. The summed E-state index contributed by atoms with van der Waals surface area (Å²) in [6.45, 7) is 1.91. The second-order valence-electron chi connectivity index (χ2n) is 6.02. The molecule has 2 aromatic heterocycles. The van der Waals surface area contributed by atoms with Gasteiger partial charge in [0.15, 0.2) is 5.43 Å². The molecule has 2 aromatic carbocycles. The van der Waals surface area contributed by atoms with Crippen LogP contribution in [0.15, 0.2) is 77.6 Å². The largest absolute Gasteiger partial charge is 0.341 e. The Morgan fingerprint density at radius 3 is 2.54 bits per heavy atom. The Hall–Kier alpha value is -3.11. The number of hydrogen-bond acceptors (Lipinski definition) is 3. The molecule has 0 atom stereocenters. The minimum absolute atomic E-state index is 0.0794. The third-order valence-electron chi connectivity index (χ3n) is 4.11. The molecule has 0 unspecified atom stereocenters. The van der Waals surface area contributed by atoms with E-state index in [1.807, 2.05) is 78.2 Å². The van der Waals surface area contributed by atoms with Crippen LogP contribution in [0, 0.1) is 6.92 Å². The lowest BCUT2D eigenvalue weighted by molar-refractivity contribution is 1.05. The molecular formula is C21H16ClN3O. The van der Waals surface area contributed by atoms with Crippen molar-refractivity contribution < 1.29 is 0 Å². The van der Waals surface area contributed by atoms with E-state index in [2.05, 4.69) is 10.3 Å². The number of anilines is 2. The first-order chi connectivity index (χ1) is 12.6. The minimum atomic E-state index is -0.0794. The van der Waals surface area contributed by atoms with Crippen molar-refractivity contribution in [2.24, 2.45) is 0 Å². The van der Waals surface area contributed by atoms with Crippen molar-refractivity contribution in [2.75, 3.05) is 5.32 Å². The molecule has 26 heavy (non-hydrogen) atoms. The van der Waals surface area contributed by atoms with Crippen molar-refractivity contribution in [1.29, 1.82) is 0 Å². The fourth-order valence-electron chi connectivity index (χ4n) is 2.93. The first kappa shape index (κ1) is 16.4. The monoisotopic (exact) mass is 361 g/mol. The van der Waals surface area contributed by atoms with Gasteiger partial charge in [0, 0.05) is 28.2 Å². The highest BCUT2D eigenvalue weighted by molar-refractivity contribution is 6.30. The van der Waals surface area contributed by atoms with Crippen LogP contribution in [0.4, 0.5) is 11.5 Å². The van der Waals surface area contributed by atoms with Gasteiger partial charge in [-0.25, -0.2) is 4.98 Å². The molecule has 0 saturated carbocycles. The van der Waals surface area contributed by atoms with E-state index in [1.165, 1.54) is 0 Å². The highest BCUT2D eigenvalue weighted by atomic mass is 35.5. The Bertz CT molecular complexity index is 1150. The smallest absolute Gasteiger partial charge is 0.193 e. The maximum absolute atomic E-state index is 12.6. The molecule has 128 valence electrons. The second-order valence-corrected chi connectivity index (χ2v) is 6.46. The van der Waals surface area contributed by atoms with Crippen molar-refractivity contribution in [1.82, 2.24) is 9.55 Å². The Labute approximate surface area is 155 Å². The number of halogens is 1. The molecule has 0 aliphatic carbocycles. The summed E-state index contributed by atoms with van der Waals surface area (Å²) in [5.41, 5.74) is 3.10. The number of aromatic nitrogens is 2. The highest BCUT2D eigenvalue weighted by Crippen LogP contribution is 2.25. The van der Waals surface area contributed by atoms with E-state index in [0.717, 1.165) is 17.1 Å². The van der Waals surface area contributed by atoms with E-state index in [-0.39, 0.29) is 5.43 Å². The molecule has 0 saturated heterocycles. The first-order valence-corrected chi connectivity index (χ1v) is 8.61. The van der Waals surface area contributed by atoms with Crippen LogP contribution in [0.3, 0.4) is 0 Å². The summed E-state index contributed by atoms with van der Waals surface area (Å²) in [7, 11) is 0. The van der Waals surface area contributed by atoms with Gasteiger partial charge >= 0.3 is 0 Å². The van der Waals surface area contributed by atoms with E-state index in [1.54, 1.807) is 6.07 Å². The second kappa shape index (κ2) is 6.65. The van der Waals surface area contributed by atoms with Crippen LogP contribution >= 0.6 is 11.6 Å². The normalized spacial score (nSPS) is 10.8. The van der Waals surface area contributed by atoms with Gasteiger partial charge in [0.25, 0.3) is 0 Å². The molecule has 1 N–H and O–H groups in total. The highest BCUT2D eigenvalue weighted by Gasteiger charge is 2.13. The lowest BCUT2D eigenvalue weighted by Crippen LogP contribution is -2.13. The summed E-state index contributed by atoms with van der Waals surface area (Å²) in [6, 6.07) is 22.5. The van der Waals surface area contributed by atoms with E-state index in [0.29, 0.717) is 21.9 Å². The third-order valence-corrected chi connectivity index (χ3v) is 4.35. The van der Waals surface area contributed by atoms with Crippen molar-refractivity contribution >= 4 is 34.1 Å². The van der Waals surface area contributed by atoms with Crippen LogP contribution in [0.1, 0.15) is 5.69 Å². The first-order valence-electron chi connectivity index (χ1n) is 8.23. The van der Waals surface area contributed by atoms with Gasteiger partial charge in [0.1, 0.15) is 11.5 Å². The molecule has 2 heterocycles. The number of para-hydroxylation sites is 1. The molecule has 0 fully saturated rings. The van der Waals surface area contributed by atoms with Gasteiger partial charge in [0.2, 0.25) is 0 Å². The maximum Gasteiger partial charge on any atom is 0.193 e.